The largest absolute Gasteiger partial charge is 0.394 e. The maximum Gasteiger partial charge on any atom is 0.319 e. The van der Waals surface area contributed by atoms with Crippen molar-refractivity contribution >= 4 is 23.3 Å². The Labute approximate surface area is 192 Å². The molecule has 0 unspecified atom stereocenters. The van der Waals surface area contributed by atoms with E-state index in [0.717, 1.165) is 32.1 Å². The summed E-state index contributed by atoms with van der Waals surface area (Å²) in [5.41, 5.74) is 0.438. The highest BCUT2D eigenvalue weighted by Crippen LogP contribution is 2.37. The van der Waals surface area contributed by atoms with Crippen LogP contribution in [-0.2, 0) is 16.9 Å². The van der Waals surface area contributed by atoms with E-state index in [4.69, 9.17) is 16.3 Å². The van der Waals surface area contributed by atoms with Gasteiger partial charge in [-0.05, 0) is 56.4 Å². The van der Waals surface area contributed by atoms with Crippen molar-refractivity contribution in [1.29, 1.82) is 0 Å². The summed E-state index contributed by atoms with van der Waals surface area (Å²) in [5.74, 6) is 0. The van der Waals surface area contributed by atoms with Gasteiger partial charge in [-0.25, -0.2) is 4.79 Å². The highest BCUT2D eigenvalue weighted by molar-refractivity contribution is 6.30. The fraction of sp³-hybridized carbons (Fsp3) is 0.591. The first kappa shape index (κ1) is 23.0. The van der Waals surface area contributed by atoms with Crippen LogP contribution in [0, 0.1) is 0 Å². The van der Waals surface area contributed by atoms with E-state index in [-0.39, 0.29) is 24.8 Å². The Morgan fingerprint density at radius 2 is 2.00 bits per heavy atom. The van der Waals surface area contributed by atoms with E-state index in [1.165, 1.54) is 0 Å². The molecule has 1 saturated carbocycles. The maximum atomic E-state index is 12.3. The minimum atomic E-state index is -0.840. The quantitative estimate of drug-likeness (QED) is 0.501. The van der Waals surface area contributed by atoms with Crippen LogP contribution in [0.1, 0.15) is 50.6 Å². The predicted molar refractivity (Wildman–Crippen MR) is 119 cm³/mol. The fourth-order valence-electron chi connectivity index (χ4n) is 4.49. The van der Waals surface area contributed by atoms with Crippen molar-refractivity contribution in [1.82, 2.24) is 20.3 Å². The third-order valence-corrected chi connectivity index (χ3v) is 6.59. The molecule has 2 amide bonds. The molecule has 0 radical (unpaired) electrons. The number of hydrogen-bond donors (Lipinski definition) is 4. The number of aliphatic hydroxyl groups is 2. The predicted octanol–water partition coefficient (Wildman–Crippen LogP) is 2.81. The maximum absolute atomic E-state index is 12.3. The van der Waals surface area contributed by atoms with Gasteiger partial charge in [-0.3, -0.25) is 4.68 Å². The van der Waals surface area contributed by atoms with Crippen LogP contribution in [0.25, 0.3) is 0 Å². The van der Waals surface area contributed by atoms with Crippen LogP contribution in [-0.4, -0.2) is 56.1 Å². The lowest BCUT2D eigenvalue weighted by Crippen LogP contribution is -2.52. The average molecular weight is 464 g/mol. The Morgan fingerprint density at radius 1 is 1.25 bits per heavy atom. The Bertz CT molecular complexity index is 900. The van der Waals surface area contributed by atoms with Gasteiger partial charge in [0.2, 0.25) is 0 Å². The van der Waals surface area contributed by atoms with Crippen molar-refractivity contribution in [2.45, 2.75) is 75.3 Å². The van der Waals surface area contributed by atoms with Crippen molar-refractivity contribution in [3.05, 3.63) is 41.2 Å². The van der Waals surface area contributed by atoms with Crippen molar-refractivity contribution in [3.8, 4) is 0 Å². The Hall–Kier alpha value is -2.20. The van der Waals surface area contributed by atoms with Gasteiger partial charge in [0.05, 0.1) is 24.9 Å². The number of nitrogens with zero attached hydrogens (tertiary/aromatic N) is 3. The lowest BCUT2D eigenvalue weighted by molar-refractivity contribution is -0.0905. The summed E-state index contributed by atoms with van der Waals surface area (Å²) in [5, 5.41) is 35.0. The highest BCUT2D eigenvalue weighted by Gasteiger charge is 2.36. The molecule has 4 rings (SSSR count). The smallest absolute Gasteiger partial charge is 0.319 e. The van der Waals surface area contributed by atoms with E-state index in [0.29, 0.717) is 35.8 Å². The van der Waals surface area contributed by atoms with Crippen molar-refractivity contribution in [2.75, 3.05) is 11.9 Å². The number of rotatable bonds is 7. The number of carbonyl (C=O) groups excluding carboxylic acids is 1. The average Bonchev–Trinajstić information content (AvgIpc) is 3.45. The number of urea groups is 1. The minimum absolute atomic E-state index is 0.0493. The van der Waals surface area contributed by atoms with E-state index in [9.17, 15) is 15.0 Å². The lowest BCUT2D eigenvalue weighted by Gasteiger charge is -2.36. The molecule has 1 aliphatic heterocycles. The molecule has 32 heavy (non-hydrogen) atoms. The van der Waals surface area contributed by atoms with Gasteiger partial charge in [0.1, 0.15) is 17.4 Å². The molecule has 1 saturated heterocycles. The molecule has 2 heterocycles. The van der Waals surface area contributed by atoms with E-state index >= 15 is 0 Å². The number of aliphatic hydroxyl groups excluding tert-OH is 1. The second kappa shape index (κ2) is 10.2. The molecule has 0 spiro atoms. The summed E-state index contributed by atoms with van der Waals surface area (Å²) in [6.45, 7) is 0.434. The number of halogens is 1. The van der Waals surface area contributed by atoms with Gasteiger partial charge >= 0.3 is 6.03 Å². The zero-order valence-corrected chi connectivity index (χ0v) is 18.7. The van der Waals surface area contributed by atoms with Gasteiger partial charge in [0.25, 0.3) is 0 Å². The number of carbonyl (C=O) groups is 1. The van der Waals surface area contributed by atoms with Crippen LogP contribution in [0.3, 0.4) is 0 Å². The SMILES string of the molecule is O=C(Nc1ccc(Cl)cc1)N[C@H]1CC[C@H](CCn2cc(C3(O)CCCC3)nn2)O[C@@H]1CO. The van der Waals surface area contributed by atoms with Crippen molar-refractivity contribution in [3.63, 3.8) is 0 Å². The first-order valence-electron chi connectivity index (χ1n) is 11.2. The van der Waals surface area contributed by atoms with Crippen LogP contribution >= 0.6 is 11.6 Å². The number of anilines is 1. The van der Waals surface area contributed by atoms with Crippen molar-refractivity contribution in [2.24, 2.45) is 0 Å². The number of aryl methyl sites for hydroxylation is 1. The molecule has 2 fully saturated rings. The topological polar surface area (TPSA) is 122 Å². The van der Waals surface area contributed by atoms with E-state index in [1.807, 2.05) is 6.20 Å². The van der Waals surface area contributed by atoms with Crippen LogP contribution in [0.2, 0.25) is 5.02 Å². The first-order valence-corrected chi connectivity index (χ1v) is 11.6. The number of amides is 2. The molecular weight excluding hydrogens is 434 g/mol. The highest BCUT2D eigenvalue weighted by atomic mass is 35.5. The van der Waals surface area contributed by atoms with Crippen LogP contribution in [0.5, 0.6) is 0 Å². The van der Waals surface area contributed by atoms with Crippen molar-refractivity contribution < 1.29 is 19.7 Å². The normalized spacial score (nSPS) is 24.9. The number of hydrogen-bond acceptors (Lipinski definition) is 6. The Balaban J connectivity index is 1.25. The molecule has 1 aliphatic carbocycles. The van der Waals surface area contributed by atoms with Gasteiger partial charge < -0.3 is 25.6 Å². The molecule has 0 bridgehead atoms. The number of aromatic nitrogens is 3. The summed E-state index contributed by atoms with van der Waals surface area (Å²) >= 11 is 5.86. The monoisotopic (exact) mass is 463 g/mol. The summed E-state index contributed by atoms with van der Waals surface area (Å²) < 4.78 is 7.79. The molecule has 174 valence electrons. The van der Waals surface area contributed by atoms with Gasteiger partial charge in [-0.15, -0.1) is 5.10 Å². The van der Waals surface area contributed by atoms with Crippen LogP contribution in [0.4, 0.5) is 10.5 Å². The molecule has 3 atom stereocenters. The summed E-state index contributed by atoms with van der Waals surface area (Å²) in [4.78, 5) is 12.3. The molecule has 2 aromatic rings. The molecule has 1 aromatic heterocycles. The first-order chi connectivity index (χ1) is 15.4. The third kappa shape index (κ3) is 5.58. The van der Waals surface area contributed by atoms with Gasteiger partial charge in [-0.2, -0.15) is 0 Å². The van der Waals surface area contributed by atoms with Crippen LogP contribution < -0.4 is 10.6 Å². The Kier molecular flexibility index (Phi) is 7.30. The molecule has 4 N–H and O–H groups in total. The van der Waals surface area contributed by atoms with E-state index in [2.05, 4.69) is 20.9 Å². The lowest BCUT2D eigenvalue weighted by atomic mass is 9.97. The summed E-state index contributed by atoms with van der Waals surface area (Å²) in [6.07, 6.45) is 6.95. The standard InChI is InChI=1S/C22H30ClN5O4/c23-15-3-5-16(6-4-15)24-21(30)25-18-8-7-17(32-19(18)14-29)9-12-28-13-20(26-27-28)22(31)10-1-2-11-22/h3-6,13,17-19,29,31H,1-2,7-12,14H2,(H2,24,25,30)/t17-,18+,19-/m1/s1. The summed E-state index contributed by atoms with van der Waals surface area (Å²) in [6, 6.07) is 6.22. The minimum Gasteiger partial charge on any atom is -0.394 e. The fourth-order valence-corrected chi connectivity index (χ4v) is 4.62. The zero-order chi connectivity index (χ0) is 22.6. The molecular formula is C22H30ClN5O4. The van der Waals surface area contributed by atoms with Gasteiger partial charge in [0, 0.05) is 17.3 Å². The van der Waals surface area contributed by atoms with Gasteiger partial charge in [-0.1, -0.05) is 29.7 Å². The molecule has 1 aromatic carbocycles. The third-order valence-electron chi connectivity index (χ3n) is 6.34. The number of benzene rings is 1. The van der Waals surface area contributed by atoms with Crippen LogP contribution in [0.15, 0.2) is 30.5 Å². The van der Waals surface area contributed by atoms with Gasteiger partial charge in [0.15, 0.2) is 0 Å². The molecule has 10 heteroatoms. The number of ether oxygens (including phenoxy) is 1. The zero-order valence-electron chi connectivity index (χ0n) is 17.9. The van der Waals surface area contributed by atoms with E-state index in [1.54, 1.807) is 28.9 Å². The second-order valence-electron chi connectivity index (χ2n) is 8.66. The second-order valence-corrected chi connectivity index (χ2v) is 9.10. The summed E-state index contributed by atoms with van der Waals surface area (Å²) in [7, 11) is 0. The Morgan fingerprint density at radius 3 is 2.72 bits per heavy atom. The molecule has 9 nitrogen and oxygen atoms in total. The number of nitrogens with one attached hydrogen (secondary N) is 2. The molecule has 2 aliphatic rings. The van der Waals surface area contributed by atoms with E-state index < -0.39 is 11.7 Å².